The molecule has 0 N–H and O–H groups in total. The van der Waals surface area contributed by atoms with Gasteiger partial charge in [-0.1, -0.05) is 158 Å². The van der Waals surface area contributed by atoms with Gasteiger partial charge in [0.15, 0.2) is 0 Å². The molecular formula is C62H41IN6. The number of rotatable bonds is 6. The molecule has 0 fully saturated rings. The highest BCUT2D eigenvalue weighted by Gasteiger charge is 2.20. The number of hydrogen-bond acceptors (Lipinski definition) is 2. The molecule has 0 spiro atoms. The van der Waals surface area contributed by atoms with Crippen LogP contribution in [0.2, 0.25) is 0 Å². The summed E-state index contributed by atoms with van der Waals surface area (Å²) < 4.78 is 10.3. The first kappa shape index (κ1) is 40.7. The van der Waals surface area contributed by atoms with Gasteiger partial charge in [-0.15, -0.1) is 0 Å². The number of para-hydroxylation sites is 6. The van der Waals surface area contributed by atoms with E-state index in [4.69, 9.17) is 9.97 Å². The summed E-state index contributed by atoms with van der Waals surface area (Å²) in [5, 5.41) is 0. The molecule has 0 bridgehead atoms. The Balaban J connectivity index is 0.000000136. The fourth-order valence-electron chi connectivity index (χ4n) is 9.90. The van der Waals surface area contributed by atoms with Crippen LogP contribution in [0.4, 0.5) is 0 Å². The lowest BCUT2D eigenvalue weighted by molar-refractivity contribution is 1.11. The lowest BCUT2D eigenvalue weighted by Crippen LogP contribution is -1.97. The molecule has 0 radical (unpaired) electrons. The van der Waals surface area contributed by atoms with E-state index < -0.39 is 0 Å². The second kappa shape index (κ2) is 17.0. The van der Waals surface area contributed by atoms with Gasteiger partial charge in [0.2, 0.25) is 11.6 Å². The zero-order valence-electron chi connectivity index (χ0n) is 37.2. The smallest absolute Gasteiger partial charge is 0.220 e. The number of hydrogen-bond donors (Lipinski definition) is 0. The summed E-state index contributed by atoms with van der Waals surface area (Å²) in [7, 11) is 0. The van der Waals surface area contributed by atoms with E-state index in [1.807, 2.05) is 6.07 Å². The molecule has 14 rings (SSSR count). The van der Waals surface area contributed by atoms with Crippen molar-refractivity contribution in [3.05, 3.63) is 252 Å². The predicted octanol–water partition coefficient (Wildman–Crippen LogP) is 16.1. The molecule has 0 aliphatic rings. The van der Waals surface area contributed by atoms with Crippen LogP contribution in [0.25, 0.3) is 112 Å². The Morgan fingerprint density at radius 2 is 0.594 bits per heavy atom. The number of benzene rings is 10. The monoisotopic (exact) mass is 996 g/mol. The first-order chi connectivity index (χ1) is 34.1. The van der Waals surface area contributed by atoms with E-state index in [1.165, 1.54) is 48.1 Å². The van der Waals surface area contributed by atoms with Gasteiger partial charge in [0, 0.05) is 3.57 Å². The average Bonchev–Trinajstić information content (AvgIpc) is 4.16. The summed E-state index contributed by atoms with van der Waals surface area (Å²) in [5.74, 6) is 1.85. The largest absolute Gasteiger partial charge is 0.278 e. The standard InChI is InChI=1S/C31H20IN3.C31H21N3/c32-25-15-16-29-30(20-25)35-28-14-8-7-13-27(28)33-31(35)34(29)26-18-23(21-9-3-1-4-10-21)17-24(19-26)22-11-5-2-6-12-22;1-3-11-22(12-4-1)24-19-25(23-13-5-2-6-14-23)21-26(20-24)33-29-17-9-10-18-30(29)34-28-16-8-7-15-27(28)32-31(33)34/h1-20H;1-21H. The van der Waals surface area contributed by atoms with Gasteiger partial charge >= 0.3 is 0 Å². The summed E-state index contributed by atoms with van der Waals surface area (Å²) in [4.78, 5) is 10.1. The molecule has 0 amide bonds. The quantitative estimate of drug-likeness (QED) is 0.156. The van der Waals surface area contributed by atoms with Crippen molar-refractivity contribution in [3.8, 4) is 55.9 Å². The van der Waals surface area contributed by atoms with Gasteiger partial charge in [-0.2, -0.15) is 0 Å². The fourth-order valence-corrected chi connectivity index (χ4v) is 10.4. The van der Waals surface area contributed by atoms with E-state index in [-0.39, 0.29) is 0 Å². The van der Waals surface area contributed by atoms with Gasteiger partial charge in [-0.05, 0) is 158 Å². The molecule has 10 aromatic carbocycles. The zero-order valence-corrected chi connectivity index (χ0v) is 39.4. The Morgan fingerprint density at radius 1 is 0.261 bits per heavy atom. The third-order valence-corrected chi connectivity index (χ3v) is 13.7. The molecule has 4 heterocycles. The van der Waals surface area contributed by atoms with Gasteiger partial charge in [0.1, 0.15) is 0 Å². The molecule has 14 aromatic rings. The van der Waals surface area contributed by atoms with E-state index in [2.05, 4.69) is 283 Å². The fraction of sp³-hybridized carbons (Fsp3) is 0. The maximum atomic E-state index is 5.09. The average molecular weight is 997 g/mol. The van der Waals surface area contributed by atoms with Crippen LogP contribution in [0, 0.1) is 3.57 Å². The van der Waals surface area contributed by atoms with Crippen molar-refractivity contribution < 1.29 is 0 Å². The van der Waals surface area contributed by atoms with Crippen molar-refractivity contribution in [2.75, 3.05) is 0 Å². The first-order valence-electron chi connectivity index (χ1n) is 23.1. The SMILES string of the molecule is Ic1ccc2c(c1)n1c3ccccc3nc1n2-c1cc(-c2ccccc2)cc(-c2ccccc2)c1.c1ccc(-c2cc(-c3ccccc3)cc(-n3c4ccccc4n4c5ccccc5nc34)c2)cc1. The van der Waals surface area contributed by atoms with Crippen LogP contribution < -0.4 is 0 Å². The highest BCUT2D eigenvalue weighted by atomic mass is 127. The molecule has 0 saturated heterocycles. The van der Waals surface area contributed by atoms with Crippen LogP contribution in [-0.4, -0.2) is 27.9 Å². The van der Waals surface area contributed by atoms with Crippen LogP contribution in [0.15, 0.2) is 249 Å². The summed E-state index contributed by atoms with van der Waals surface area (Å²) in [6.45, 7) is 0. The maximum absolute atomic E-state index is 5.09. The van der Waals surface area contributed by atoms with Crippen molar-refractivity contribution in [3.63, 3.8) is 0 Å². The number of fused-ring (bicyclic) bond motifs is 10. The van der Waals surface area contributed by atoms with E-state index in [9.17, 15) is 0 Å². The number of imidazole rings is 4. The van der Waals surface area contributed by atoms with Crippen molar-refractivity contribution in [1.82, 2.24) is 27.9 Å². The molecule has 0 saturated carbocycles. The summed E-state index contributed by atoms with van der Waals surface area (Å²) >= 11 is 2.39. The Hall–Kier alpha value is -8.53. The molecule has 4 aromatic heterocycles. The molecule has 0 unspecified atom stereocenters. The van der Waals surface area contributed by atoms with Gasteiger partial charge < -0.3 is 0 Å². The van der Waals surface area contributed by atoms with Crippen molar-refractivity contribution in [2.24, 2.45) is 0 Å². The molecule has 7 heteroatoms. The van der Waals surface area contributed by atoms with Crippen LogP contribution in [0.3, 0.4) is 0 Å². The highest BCUT2D eigenvalue weighted by Crippen LogP contribution is 2.37. The minimum atomic E-state index is 0.923. The minimum Gasteiger partial charge on any atom is -0.278 e. The topological polar surface area (TPSA) is 44.5 Å². The summed E-state index contributed by atoms with van der Waals surface area (Å²) in [5.41, 5.74) is 20.6. The first-order valence-corrected chi connectivity index (χ1v) is 24.2. The van der Waals surface area contributed by atoms with Crippen LogP contribution >= 0.6 is 22.6 Å². The second-order valence-electron chi connectivity index (χ2n) is 17.3. The van der Waals surface area contributed by atoms with Crippen molar-refractivity contribution >= 4 is 78.3 Å². The molecule has 6 nitrogen and oxygen atoms in total. The molecule has 0 aliphatic carbocycles. The van der Waals surface area contributed by atoms with Gasteiger partial charge in [-0.3, -0.25) is 17.9 Å². The third kappa shape index (κ3) is 7.17. The Bertz CT molecular complexity index is 4070. The molecule has 0 aliphatic heterocycles. The van der Waals surface area contributed by atoms with E-state index in [0.29, 0.717) is 0 Å². The summed E-state index contributed by atoms with van der Waals surface area (Å²) in [6.07, 6.45) is 0. The van der Waals surface area contributed by atoms with E-state index >= 15 is 0 Å². The van der Waals surface area contributed by atoms with Crippen molar-refractivity contribution in [1.29, 1.82) is 0 Å². The maximum Gasteiger partial charge on any atom is 0.220 e. The second-order valence-corrected chi connectivity index (χ2v) is 18.5. The van der Waals surface area contributed by atoms with E-state index in [1.54, 1.807) is 0 Å². The van der Waals surface area contributed by atoms with Gasteiger partial charge in [-0.25, -0.2) is 9.97 Å². The van der Waals surface area contributed by atoms with Gasteiger partial charge in [0.25, 0.3) is 0 Å². The Morgan fingerprint density at radius 3 is 1.01 bits per heavy atom. The van der Waals surface area contributed by atoms with Crippen LogP contribution in [-0.2, 0) is 0 Å². The lowest BCUT2D eigenvalue weighted by atomic mass is 9.98. The third-order valence-electron chi connectivity index (χ3n) is 13.0. The van der Waals surface area contributed by atoms with Gasteiger partial charge in [0.05, 0.1) is 55.5 Å². The highest BCUT2D eigenvalue weighted by molar-refractivity contribution is 14.1. The van der Waals surface area contributed by atoms with Crippen molar-refractivity contribution in [2.45, 2.75) is 0 Å². The lowest BCUT2D eigenvalue weighted by Gasteiger charge is -2.13. The molecule has 69 heavy (non-hydrogen) atoms. The molecular weight excluding hydrogens is 956 g/mol. The normalized spacial score (nSPS) is 11.6. The van der Waals surface area contributed by atoms with E-state index in [0.717, 1.165) is 67.1 Å². The van der Waals surface area contributed by atoms with Crippen LogP contribution in [0.5, 0.6) is 0 Å². The number of nitrogens with zero attached hydrogens (tertiary/aromatic N) is 6. The Kier molecular flexibility index (Phi) is 10.0. The Labute approximate surface area is 411 Å². The number of aromatic nitrogens is 6. The zero-order chi connectivity index (χ0) is 45.8. The molecule has 326 valence electrons. The van der Waals surface area contributed by atoms with Crippen LogP contribution in [0.1, 0.15) is 0 Å². The summed E-state index contributed by atoms with van der Waals surface area (Å²) in [6, 6.07) is 87.9. The predicted molar refractivity (Wildman–Crippen MR) is 294 cm³/mol. The molecule has 0 atom stereocenters. The number of halogens is 1. The minimum absolute atomic E-state index is 0.923.